The zero-order valence-electron chi connectivity index (χ0n) is 14.1. The molecule has 0 radical (unpaired) electrons. The average molecular weight is 342 g/mol. The standard InChI is InChI=1S/C19H22N2O4/c1-2-13-20-18(22)19(23,16-11-7-4-8-12-16)17(14-21(24)25)15-9-5-3-6-10-15/h3-12,17,23H,2,13-14H2,1H3,(H,20,22)/t17-,19+/m0/s1. The Balaban J connectivity index is 2.57. The van der Waals surface area contributed by atoms with Crippen LogP contribution < -0.4 is 5.32 Å². The molecule has 2 atom stereocenters. The summed E-state index contributed by atoms with van der Waals surface area (Å²) in [6.45, 7) is 1.72. The minimum atomic E-state index is -2.04. The highest BCUT2D eigenvalue weighted by Gasteiger charge is 2.48. The second-order valence-electron chi connectivity index (χ2n) is 5.87. The third-order valence-electron chi connectivity index (χ3n) is 4.13. The summed E-state index contributed by atoms with van der Waals surface area (Å²) < 4.78 is 0. The van der Waals surface area contributed by atoms with E-state index >= 15 is 0 Å². The summed E-state index contributed by atoms with van der Waals surface area (Å²) in [6.07, 6.45) is 0.696. The normalized spacial score (nSPS) is 14.3. The van der Waals surface area contributed by atoms with Crippen LogP contribution in [0.1, 0.15) is 30.4 Å². The lowest BCUT2D eigenvalue weighted by Crippen LogP contribution is -2.50. The lowest BCUT2D eigenvalue weighted by molar-refractivity contribution is -0.487. The lowest BCUT2D eigenvalue weighted by atomic mass is 9.76. The van der Waals surface area contributed by atoms with Crippen LogP contribution >= 0.6 is 0 Å². The van der Waals surface area contributed by atoms with E-state index in [9.17, 15) is 20.0 Å². The summed E-state index contributed by atoms with van der Waals surface area (Å²) in [5, 5.41) is 25.4. The number of amides is 1. The molecule has 0 aliphatic heterocycles. The van der Waals surface area contributed by atoms with Gasteiger partial charge in [0, 0.05) is 11.5 Å². The highest BCUT2D eigenvalue weighted by Crippen LogP contribution is 2.37. The Kier molecular flexibility index (Phi) is 6.25. The number of benzene rings is 2. The molecule has 0 spiro atoms. The number of nitrogens with one attached hydrogen (secondary N) is 1. The second kappa shape index (κ2) is 8.39. The first kappa shape index (κ1) is 18.6. The first-order chi connectivity index (χ1) is 12.0. The van der Waals surface area contributed by atoms with Gasteiger partial charge in [0.05, 0.1) is 5.92 Å². The minimum Gasteiger partial charge on any atom is -0.375 e. The molecule has 0 aromatic heterocycles. The Morgan fingerprint density at radius 1 is 1.16 bits per heavy atom. The van der Waals surface area contributed by atoms with Gasteiger partial charge >= 0.3 is 0 Å². The van der Waals surface area contributed by atoms with E-state index in [1.165, 1.54) is 0 Å². The summed E-state index contributed by atoms with van der Waals surface area (Å²) >= 11 is 0. The lowest BCUT2D eigenvalue weighted by Gasteiger charge is -2.33. The van der Waals surface area contributed by atoms with Crippen LogP contribution in [0.4, 0.5) is 0 Å². The number of rotatable bonds is 8. The van der Waals surface area contributed by atoms with Gasteiger partial charge in [-0.1, -0.05) is 67.6 Å². The van der Waals surface area contributed by atoms with E-state index < -0.39 is 28.9 Å². The van der Waals surface area contributed by atoms with Crippen LogP contribution in [0.3, 0.4) is 0 Å². The van der Waals surface area contributed by atoms with Crippen molar-refractivity contribution in [3.05, 3.63) is 81.9 Å². The van der Waals surface area contributed by atoms with Gasteiger partial charge in [0.2, 0.25) is 6.54 Å². The van der Waals surface area contributed by atoms with Gasteiger partial charge in [-0.3, -0.25) is 14.9 Å². The number of carbonyl (C=O) groups is 1. The van der Waals surface area contributed by atoms with E-state index in [0.717, 1.165) is 0 Å². The monoisotopic (exact) mass is 342 g/mol. The van der Waals surface area contributed by atoms with E-state index in [1.54, 1.807) is 60.7 Å². The summed E-state index contributed by atoms with van der Waals surface area (Å²) in [4.78, 5) is 23.6. The molecule has 0 heterocycles. The SMILES string of the molecule is CCCNC(=O)[C@@](O)(c1ccccc1)[C@@H](C[N+](=O)[O-])c1ccccc1. The Bertz CT molecular complexity index is 706. The Labute approximate surface area is 146 Å². The van der Waals surface area contributed by atoms with Gasteiger partial charge in [0.25, 0.3) is 5.91 Å². The molecule has 132 valence electrons. The summed E-state index contributed by atoms with van der Waals surface area (Å²) in [7, 11) is 0. The van der Waals surface area contributed by atoms with Crippen molar-refractivity contribution < 1.29 is 14.8 Å². The number of aliphatic hydroxyl groups is 1. The third-order valence-corrected chi connectivity index (χ3v) is 4.13. The Hall–Kier alpha value is -2.73. The quantitative estimate of drug-likeness (QED) is 0.569. The van der Waals surface area contributed by atoms with Crippen molar-refractivity contribution in [1.82, 2.24) is 5.32 Å². The molecule has 0 aliphatic carbocycles. The maximum absolute atomic E-state index is 12.8. The van der Waals surface area contributed by atoms with Gasteiger partial charge in [-0.15, -0.1) is 0 Å². The molecule has 0 saturated heterocycles. The fraction of sp³-hybridized carbons (Fsp3) is 0.316. The van der Waals surface area contributed by atoms with Crippen molar-refractivity contribution in [3.8, 4) is 0 Å². The number of hydrogen-bond acceptors (Lipinski definition) is 4. The molecule has 6 nitrogen and oxygen atoms in total. The number of hydrogen-bond donors (Lipinski definition) is 2. The molecule has 1 amide bonds. The van der Waals surface area contributed by atoms with Crippen molar-refractivity contribution in [2.24, 2.45) is 0 Å². The molecule has 25 heavy (non-hydrogen) atoms. The van der Waals surface area contributed by atoms with Crippen molar-refractivity contribution in [1.29, 1.82) is 0 Å². The molecule has 2 aromatic rings. The van der Waals surface area contributed by atoms with Gasteiger partial charge in [-0.05, 0) is 17.5 Å². The minimum absolute atomic E-state index is 0.333. The molecule has 0 fully saturated rings. The number of nitrogens with zero attached hydrogens (tertiary/aromatic N) is 1. The molecule has 0 unspecified atom stereocenters. The molecule has 0 aliphatic rings. The molecule has 2 N–H and O–H groups in total. The van der Waals surface area contributed by atoms with Crippen LogP contribution in [0.5, 0.6) is 0 Å². The van der Waals surface area contributed by atoms with Crippen LogP contribution in [-0.4, -0.2) is 29.0 Å². The van der Waals surface area contributed by atoms with Crippen LogP contribution in [0.2, 0.25) is 0 Å². The summed E-state index contributed by atoms with van der Waals surface area (Å²) in [5.74, 6) is -1.64. The van der Waals surface area contributed by atoms with Gasteiger partial charge in [0.1, 0.15) is 0 Å². The van der Waals surface area contributed by atoms with Gasteiger partial charge in [-0.2, -0.15) is 0 Å². The van der Waals surface area contributed by atoms with E-state index in [0.29, 0.717) is 24.1 Å². The largest absolute Gasteiger partial charge is 0.375 e. The van der Waals surface area contributed by atoms with Crippen molar-refractivity contribution in [2.45, 2.75) is 24.9 Å². The van der Waals surface area contributed by atoms with E-state index in [-0.39, 0.29) is 0 Å². The molecule has 0 saturated carbocycles. The number of nitro groups is 1. The molecule has 2 aromatic carbocycles. The van der Waals surface area contributed by atoms with Crippen LogP contribution in [-0.2, 0) is 10.4 Å². The Morgan fingerprint density at radius 3 is 2.24 bits per heavy atom. The van der Waals surface area contributed by atoms with Gasteiger partial charge in [0.15, 0.2) is 5.60 Å². The smallest absolute Gasteiger partial charge is 0.257 e. The molecular weight excluding hydrogens is 320 g/mol. The van der Waals surface area contributed by atoms with E-state index in [4.69, 9.17) is 0 Å². The van der Waals surface area contributed by atoms with Crippen molar-refractivity contribution >= 4 is 5.91 Å². The van der Waals surface area contributed by atoms with Crippen molar-refractivity contribution in [3.63, 3.8) is 0 Å². The van der Waals surface area contributed by atoms with Crippen molar-refractivity contribution in [2.75, 3.05) is 13.1 Å². The average Bonchev–Trinajstić information content (AvgIpc) is 2.64. The molecule has 6 heteroatoms. The highest BCUT2D eigenvalue weighted by atomic mass is 16.6. The van der Waals surface area contributed by atoms with E-state index in [1.807, 2.05) is 6.92 Å². The molecular formula is C19H22N2O4. The predicted molar refractivity (Wildman–Crippen MR) is 94.7 cm³/mol. The zero-order valence-corrected chi connectivity index (χ0v) is 14.1. The maximum atomic E-state index is 12.8. The van der Waals surface area contributed by atoms with Crippen LogP contribution in [0.15, 0.2) is 60.7 Å². The van der Waals surface area contributed by atoms with E-state index in [2.05, 4.69) is 5.32 Å². The fourth-order valence-corrected chi connectivity index (χ4v) is 2.87. The topological polar surface area (TPSA) is 92.5 Å². The second-order valence-corrected chi connectivity index (χ2v) is 5.87. The maximum Gasteiger partial charge on any atom is 0.257 e. The third kappa shape index (κ3) is 4.22. The molecule has 2 rings (SSSR count). The fourth-order valence-electron chi connectivity index (χ4n) is 2.87. The number of carbonyl (C=O) groups excluding carboxylic acids is 1. The van der Waals surface area contributed by atoms with Crippen LogP contribution in [0.25, 0.3) is 0 Å². The Morgan fingerprint density at radius 2 is 1.72 bits per heavy atom. The highest BCUT2D eigenvalue weighted by molar-refractivity contribution is 5.87. The molecule has 0 bridgehead atoms. The van der Waals surface area contributed by atoms with Gasteiger partial charge in [-0.25, -0.2) is 0 Å². The van der Waals surface area contributed by atoms with Gasteiger partial charge < -0.3 is 10.4 Å². The first-order valence-corrected chi connectivity index (χ1v) is 8.23. The predicted octanol–water partition coefficient (Wildman–Crippen LogP) is 2.46. The summed E-state index contributed by atoms with van der Waals surface area (Å²) in [6, 6.07) is 17.0. The first-order valence-electron chi connectivity index (χ1n) is 8.23. The van der Waals surface area contributed by atoms with Crippen LogP contribution in [0, 0.1) is 10.1 Å². The zero-order chi connectivity index (χ0) is 18.3. The summed E-state index contributed by atoms with van der Waals surface area (Å²) in [5.41, 5.74) is -1.17.